The van der Waals surface area contributed by atoms with E-state index in [2.05, 4.69) is 193 Å². The summed E-state index contributed by atoms with van der Waals surface area (Å²) < 4.78 is 68.6. The van der Waals surface area contributed by atoms with Gasteiger partial charge in [0.25, 0.3) is 0 Å². The second-order valence-electron chi connectivity index (χ2n) is 17.3. The molecular weight excluding hydrogens is 751 g/mol. The van der Waals surface area contributed by atoms with E-state index >= 15 is 0 Å². The number of hydrogen-bond acceptors (Lipinski definition) is 4. The lowest BCUT2D eigenvalue weighted by Crippen LogP contribution is -2.86. The molecule has 4 nitrogen and oxygen atoms in total. The number of fused-ring (bicyclic) bond motifs is 2. The van der Waals surface area contributed by atoms with E-state index in [-0.39, 0.29) is 36.6 Å². The lowest BCUT2D eigenvalue weighted by atomic mass is 9.37. The highest BCUT2D eigenvalue weighted by atomic mass is 16.5. The van der Waals surface area contributed by atoms with E-state index in [0.717, 1.165) is 44.6 Å². The minimum absolute atomic E-state index is 0.111. The van der Waals surface area contributed by atoms with E-state index in [1.165, 1.54) is 0 Å². The van der Waals surface area contributed by atoms with Crippen LogP contribution in [0.5, 0.6) is 11.5 Å². The van der Waals surface area contributed by atoms with Crippen LogP contribution in [0.2, 0.25) is 0 Å². The molecule has 1 saturated heterocycles. The molecule has 62 heavy (non-hydrogen) atoms. The van der Waals surface area contributed by atoms with E-state index < -0.39 is 31.5 Å². The highest BCUT2D eigenvalue weighted by Crippen LogP contribution is 2.52. The zero-order chi connectivity index (χ0) is 47.4. The maximum Gasteiger partial charge on any atom is 0.388 e. The maximum absolute atomic E-state index is 9.05. The quantitative estimate of drug-likeness (QED) is 0.149. The summed E-state index contributed by atoms with van der Waals surface area (Å²) in [6.45, 7) is -0.657. The molecule has 0 N–H and O–H groups in total. The first-order valence-corrected chi connectivity index (χ1v) is 21.4. The number of rotatable bonds is 7. The van der Waals surface area contributed by atoms with Crippen LogP contribution in [-0.2, 0) is 10.8 Å². The number of anilines is 3. The topological polar surface area (TPSA) is 19.0 Å². The normalized spacial score (nSPS) is 16.4. The molecule has 0 saturated carbocycles. The van der Waals surface area contributed by atoms with Crippen LogP contribution in [0, 0.1) is 0 Å². The van der Waals surface area contributed by atoms with Crippen LogP contribution in [0.15, 0.2) is 212 Å². The van der Waals surface area contributed by atoms with Crippen LogP contribution in [-0.4, -0.2) is 20.9 Å². The van der Waals surface area contributed by atoms with Crippen LogP contribution in [0.4, 0.5) is 17.1 Å². The molecule has 2 heterocycles. The van der Waals surface area contributed by atoms with Crippen molar-refractivity contribution in [3.05, 3.63) is 229 Å². The number of benzene rings is 8. The number of ether oxygens (including phenoxy) is 1. The highest BCUT2D eigenvalue weighted by molar-refractivity contribution is 7.14. The molecule has 2 aliphatic rings. The highest BCUT2D eigenvalue weighted by Gasteiger charge is 2.56. The van der Waals surface area contributed by atoms with Crippen molar-refractivity contribution in [1.29, 1.82) is 0 Å². The molecule has 8 aromatic carbocycles. The van der Waals surface area contributed by atoms with Crippen molar-refractivity contribution in [2.24, 2.45) is 0 Å². The minimum Gasteiger partial charge on any atom is -0.456 e. The van der Waals surface area contributed by atoms with Crippen LogP contribution in [0.1, 0.15) is 59.4 Å². The van der Waals surface area contributed by atoms with Crippen molar-refractivity contribution in [2.45, 2.75) is 45.3 Å². The zero-order valence-corrected chi connectivity index (χ0v) is 35.2. The summed E-state index contributed by atoms with van der Waals surface area (Å²) in [4.78, 5) is 0. The average molecular weight is 807 g/mol. The van der Waals surface area contributed by atoms with Crippen molar-refractivity contribution in [3.8, 4) is 22.6 Å². The molecule has 0 atom stereocenters. The van der Waals surface area contributed by atoms with Gasteiger partial charge < -0.3 is 18.9 Å². The van der Waals surface area contributed by atoms with Gasteiger partial charge in [-0.15, -0.1) is 0 Å². The molecule has 0 spiro atoms. The summed E-state index contributed by atoms with van der Waals surface area (Å²) in [5.41, 5.74) is 6.06. The summed E-state index contributed by atoms with van der Waals surface area (Å²) in [7, 11) is 0. The predicted octanol–water partition coefficient (Wildman–Crippen LogP) is 11.1. The van der Waals surface area contributed by atoms with Crippen molar-refractivity contribution < 1.29 is 13.0 Å². The number of hydrogen-bond donors (Lipinski definition) is 0. The first-order valence-electron chi connectivity index (χ1n) is 24.4. The third kappa shape index (κ3) is 6.86. The molecular formula is C55H50B3N3O. The largest absolute Gasteiger partial charge is 0.456 e. The second-order valence-corrected chi connectivity index (χ2v) is 17.3. The lowest BCUT2D eigenvalue weighted by molar-refractivity contribution is 0.419. The van der Waals surface area contributed by atoms with E-state index in [1.807, 2.05) is 18.2 Å². The van der Waals surface area contributed by atoms with Crippen LogP contribution in [0.3, 0.4) is 0 Å². The Bertz CT molecular complexity index is 2940. The average Bonchev–Trinajstić information content (AvgIpc) is 3.34. The second kappa shape index (κ2) is 15.9. The third-order valence-electron chi connectivity index (χ3n) is 12.3. The fourth-order valence-electron chi connectivity index (χ4n) is 9.54. The van der Waals surface area contributed by atoms with E-state index in [1.54, 1.807) is 36.4 Å². The molecule has 2 aliphatic heterocycles. The summed E-state index contributed by atoms with van der Waals surface area (Å²) in [5, 5.41) is 0. The monoisotopic (exact) mass is 807 g/mol. The van der Waals surface area contributed by atoms with Gasteiger partial charge in [-0.05, 0) is 75.4 Å². The number of nitrogens with zero attached hydrogens (tertiary/aromatic N) is 3. The van der Waals surface area contributed by atoms with Crippen LogP contribution < -0.4 is 35.3 Å². The Hall–Kier alpha value is -6.85. The smallest absolute Gasteiger partial charge is 0.388 e. The summed E-state index contributed by atoms with van der Waals surface area (Å²) in [6.07, 6.45) is 0. The molecule has 300 valence electrons. The van der Waals surface area contributed by atoms with Gasteiger partial charge in [-0.25, -0.2) is 0 Å². The zero-order valence-electron chi connectivity index (χ0n) is 41.2. The Balaban J connectivity index is 1.31. The Morgan fingerprint density at radius 3 is 1.35 bits per heavy atom. The Morgan fingerprint density at radius 2 is 0.871 bits per heavy atom. The van der Waals surface area contributed by atoms with Crippen molar-refractivity contribution >= 4 is 54.4 Å². The lowest BCUT2D eigenvalue weighted by Gasteiger charge is -2.57. The summed E-state index contributed by atoms with van der Waals surface area (Å²) in [6, 6.07) is 71.7. The van der Waals surface area contributed by atoms with Crippen molar-refractivity contribution in [3.63, 3.8) is 0 Å². The minimum atomic E-state index is -2.97. The fraction of sp³-hybridized carbons (Fsp3) is 0.127. The SMILES string of the molecule is [2H]C([2H])([2H])C1(C([2H])([2H])[2H])c2ccccc2Oc2c(-c3cc(B4N(c5ccccc5)B(c5ccccc5)N(c5ccccc5)B(c5ccccc5)N4c4ccccc4)ccc3C(C)(C)C)cccc21. The van der Waals surface area contributed by atoms with E-state index in [0.29, 0.717) is 5.56 Å². The van der Waals surface area contributed by atoms with Gasteiger partial charge in [0.2, 0.25) is 0 Å². The van der Waals surface area contributed by atoms with Gasteiger partial charge in [-0.2, -0.15) is 0 Å². The van der Waals surface area contributed by atoms with Gasteiger partial charge in [0.15, 0.2) is 0 Å². The molecule has 10 rings (SSSR count). The standard InChI is InChI=1S/C55H50B3N3O/c1-54(2,3)49-39-38-43(40-48(49)47-34-23-36-51-53(47)62-52-37-22-21-35-50(52)55(51,4)5)58-60(45-30-17-9-18-31-45)56(41-24-11-6-12-25-41)59(44-28-15-8-16-29-44)57(42-26-13-7-14-27-42)61(58)46-32-19-10-20-33-46/h6-40H,1-5H3/i4D3,5D3. The summed E-state index contributed by atoms with van der Waals surface area (Å²) in [5.74, 6) is 0.438. The van der Waals surface area contributed by atoms with Gasteiger partial charge in [0.1, 0.15) is 11.5 Å². The van der Waals surface area contributed by atoms with Gasteiger partial charge in [-0.1, -0.05) is 204 Å². The maximum atomic E-state index is 9.05. The molecule has 0 aromatic heterocycles. The molecule has 0 amide bonds. The Kier molecular flexibility index (Phi) is 8.42. The number of para-hydroxylation sites is 5. The first kappa shape index (κ1) is 32.9. The van der Waals surface area contributed by atoms with Gasteiger partial charge in [0.05, 0.1) is 0 Å². The van der Waals surface area contributed by atoms with Crippen molar-refractivity contribution in [2.75, 3.05) is 14.2 Å². The molecule has 0 aliphatic carbocycles. The van der Waals surface area contributed by atoms with Crippen LogP contribution in [0.25, 0.3) is 11.1 Å². The molecule has 0 unspecified atom stereocenters. The Labute approximate surface area is 377 Å². The van der Waals surface area contributed by atoms with Crippen molar-refractivity contribution in [1.82, 2.24) is 0 Å². The van der Waals surface area contributed by atoms with Crippen LogP contribution >= 0.6 is 0 Å². The molecule has 7 heteroatoms. The van der Waals surface area contributed by atoms with E-state index in [4.69, 9.17) is 13.0 Å². The fourth-order valence-corrected chi connectivity index (χ4v) is 9.54. The molecule has 0 radical (unpaired) electrons. The molecule has 8 aromatic rings. The predicted molar refractivity (Wildman–Crippen MR) is 265 cm³/mol. The molecule has 0 bridgehead atoms. The Morgan fingerprint density at radius 1 is 0.435 bits per heavy atom. The third-order valence-corrected chi connectivity index (χ3v) is 12.3. The van der Waals surface area contributed by atoms with Gasteiger partial charge in [-0.3, -0.25) is 0 Å². The van der Waals surface area contributed by atoms with Gasteiger partial charge in [0, 0.05) is 47.4 Å². The summed E-state index contributed by atoms with van der Waals surface area (Å²) >= 11 is 0. The molecule has 1 fully saturated rings. The first-order chi connectivity index (χ1) is 32.7. The van der Waals surface area contributed by atoms with Gasteiger partial charge >= 0.3 is 20.9 Å². The van der Waals surface area contributed by atoms with E-state index in [9.17, 15) is 0 Å².